The number of imide groups is 1. The Kier molecular flexibility index (Phi) is 5.18. The summed E-state index contributed by atoms with van der Waals surface area (Å²) in [6.07, 6.45) is 0.0104. The van der Waals surface area contributed by atoms with Gasteiger partial charge in [0.2, 0.25) is 0 Å². The first-order valence-corrected chi connectivity index (χ1v) is 7.75. The van der Waals surface area contributed by atoms with Crippen molar-refractivity contribution in [3.05, 3.63) is 38.5 Å². The van der Waals surface area contributed by atoms with Crippen LogP contribution in [0.4, 0.5) is 0 Å². The molecule has 2 heterocycles. The molecule has 110 valence electrons. The topological polar surface area (TPSA) is 85.4 Å². The van der Waals surface area contributed by atoms with Crippen molar-refractivity contribution >= 4 is 40.5 Å². The number of nitrogens with zero attached hydrogens (tertiary/aromatic N) is 1. The Labute approximate surface area is 128 Å². The van der Waals surface area contributed by atoms with Gasteiger partial charge in [0.25, 0.3) is 11.8 Å². The number of carbonyl (C=O) groups is 3. The van der Waals surface area contributed by atoms with Crippen molar-refractivity contribution in [1.29, 1.82) is 0 Å². The molecule has 0 aliphatic carbocycles. The maximum absolute atomic E-state index is 11.6. The third kappa shape index (κ3) is 4.76. The Morgan fingerprint density at radius 3 is 2.76 bits per heavy atom. The van der Waals surface area contributed by atoms with Crippen LogP contribution in [0.2, 0.25) is 0 Å². The number of thiophene rings is 1. The molecule has 0 saturated carbocycles. The van der Waals surface area contributed by atoms with Crippen LogP contribution in [0.25, 0.3) is 0 Å². The lowest BCUT2D eigenvalue weighted by Crippen LogP contribution is -2.33. The van der Waals surface area contributed by atoms with Gasteiger partial charge in [0.05, 0.1) is 22.0 Å². The number of aryl methyl sites for hydroxylation is 1. The molecule has 2 aromatic heterocycles. The number of esters is 1. The van der Waals surface area contributed by atoms with Crippen LogP contribution in [0.5, 0.6) is 0 Å². The lowest BCUT2D eigenvalue weighted by molar-refractivity contribution is -0.147. The number of thiazole rings is 1. The van der Waals surface area contributed by atoms with Gasteiger partial charge in [-0.15, -0.1) is 22.7 Å². The van der Waals surface area contributed by atoms with E-state index in [4.69, 9.17) is 4.74 Å². The van der Waals surface area contributed by atoms with Crippen molar-refractivity contribution in [2.75, 3.05) is 6.61 Å². The van der Waals surface area contributed by atoms with Gasteiger partial charge in [-0.25, -0.2) is 4.98 Å². The highest BCUT2D eigenvalue weighted by Crippen LogP contribution is 2.09. The number of ether oxygens (including phenoxy) is 1. The van der Waals surface area contributed by atoms with E-state index in [2.05, 4.69) is 10.3 Å². The highest BCUT2D eigenvalue weighted by molar-refractivity contribution is 7.12. The largest absolute Gasteiger partial charge is 0.455 e. The van der Waals surface area contributed by atoms with Crippen molar-refractivity contribution in [2.45, 2.75) is 13.3 Å². The number of rotatable bonds is 5. The summed E-state index contributed by atoms with van der Waals surface area (Å²) in [5.74, 6) is -1.71. The second kappa shape index (κ2) is 7.09. The Bertz CT molecular complexity index is 649. The van der Waals surface area contributed by atoms with Crippen LogP contribution in [0, 0.1) is 6.92 Å². The standard InChI is InChI=1S/C13H12N2O4S2/c1-8-14-9(7-21-8)5-12(17)19-6-11(16)15-13(18)10-3-2-4-20-10/h2-4,7H,5-6H2,1H3,(H,15,16,18). The molecule has 2 aromatic rings. The van der Waals surface area contributed by atoms with Crippen LogP contribution in [-0.2, 0) is 20.7 Å². The van der Waals surface area contributed by atoms with E-state index in [1.54, 1.807) is 22.9 Å². The zero-order valence-electron chi connectivity index (χ0n) is 11.1. The van der Waals surface area contributed by atoms with E-state index in [0.717, 1.165) is 5.01 Å². The number of hydrogen-bond donors (Lipinski definition) is 1. The van der Waals surface area contributed by atoms with Gasteiger partial charge in [-0.2, -0.15) is 0 Å². The molecule has 8 heteroatoms. The third-order valence-corrected chi connectivity index (χ3v) is 4.05. The minimum Gasteiger partial charge on any atom is -0.455 e. The van der Waals surface area contributed by atoms with Crippen LogP contribution in [0.3, 0.4) is 0 Å². The van der Waals surface area contributed by atoms with Gasteiger partial charge >= 0.3 is 5.97 Å². The summed E-state index contributed by atoms with van der Waals surface area (Å²) in [6.45, 7) is 1.35. The highest BCUT2D eigenvalue weighted by Gasteiger charge is 2.14. The molecule has 0 fully saturated rings. The van der Waals surface area contributed by atoms with Crippen LogP contribution in [0.1, 0.15) is 20.4 Å². The molecule has 0 spiro atoms. The predicted molar refractivity (Wildman–Crippen MR) is 78.3 cm³/mol. The number of amides is 2. The molecule has 21 heavy (non-hydrogen) atoms. The lowest BCUT2D eigenvalue weighted by Gasteiger charge is -2.04. The first-order chi connectivity index (χ1) is 10.0. The van der Waals surface area contributed by atoms with Gasteiger partial charge in [-0.3, -0.25) is 19.7 Å². The Morgan fingerprint density at radius 1 is 1.33 bits per heavy atom. The van der Waals surface area contributed by atoms with E-state index in [9.17, 15) is 14.4 Å². The second-order valence-corrected chi connectivity index (χ2v) is 6.06. The molecule has 0 radical (unpaired) electrons. The summed E-state index contributed by atoms with van der Waals surface area (Å²) in [6, 6.07) is 3.31. The molecular weight excluding hydrogens is 312 g/mol. The van der Waals surface area contributed by atoms with Gasteiger partial charge < -0.3 is 4.74 Å². The smallest absolute Gasteiger partial charge is 0.312 e. The Hall–Kier alpha value is -2.06. The van der Waals surface area contributed by atoms with Gasteiger partial charge in [0, 0.05) is 5.38 Å². The maximum Gasteiger partial charge on any atom is 0.312 e. The fraction of sp³-hybridized carbons (Fsp3) is 0.231. The van der Waals surface area contributed by atoms with Crippen LogP contribution in [-0.4, -0.2) is 29.4 Å². The first kappa shape index (κ1) is 15.3. The lowest BCUT2D eigenvalue weighted by atomic mass is 10.3. The summed E-state index contributed by atoms with van der Waals surface area (Å²) in [4.78, 5) is 39.1. The quantitative estimate of drug-likeness (QED) is 0.844. The van der Waals surface area contributed by atoms with E-state index in [0.29, 0.717) is 10.6 Å². The summed E-state index contributed by atoms with van der Waals surface area (Å²) >= 11 is 2.66. The molecular formula is C13H12N2O4S2. The van der Waals surface area contributed by atoms with Gasteiger partial charge in [0.15, 0.2) is 6.61 Å². The van der Waals surface area contributed by atoms with Crippen LogP contribution >= 0.6 is 22.7 Å². The molecule has 0 bridgehead atoms. The fourth-order valence-electron chi connectivity index (χ4n) is 1.47. The fourth-order valence-corrected chi connectivity index (χ4v) is 2.70. The Morgan fingerprint density at radius 2 is 2.14 bits per heavy atom. The number of nitrogens with one attached hydrogen (secondary N) is 1. The van der Waals surface area contributed by atoms with E-state index in [1.807, 2.05) is 6.92 Å². The predicted octanol–water partition coefficient (Wildman–Crippen LogP) is 1.56. The minimum absolute atomic E-state index is 0.0104. The van der Waals surface area contributed by atoms with Crippen molar-refractivity contribution in [1.82, 2.24) is 10.3 Å². The first-order valence-electron chi connectivity index (χ1n) is 5.99. The third-order valence-electron chi connectivity index (χ3n) is 2.35. The Balaban J connectivity index is 1.73. The number of aromatic nitrogens is 1. The number of hydrogen-bond acceptors (Lipinski definition) is 7. The minimum atomic E-state index is -0.656. The van der Waals surface area contributed by atoms with Gasteiger partial charge in [0.1, 0.15) is 0 Å². The molecule has 6 nitrogen and oxygen atoms in total. The van der Waals surface area contributed by atoms with Crippen molar-refractivity contribution in [3.63, 3.8) is 0 Å². The van der Waals surface area contributed by atoms with E-state index in [1.165, 1.54) is 22.7 Å². The van der Waals surface area contributed by atoms with Crippen molar-refractivity contribution in [2.24, 2.45) is 0 Å². The van der Waals surface area contributed by atoms with Gasteiger partial charge in [-0.1, -0.05) is 6.07 Å². The SMILES string of the molecule is Cc1nc(CC(=O)OCC(=O)NC(=O)c2cccs2)cs1. The maximum atomic E-state index is 11.6. The molecule has 0 atom stereocenters. The number of carbonyl (C=O) groups excluding carboxylic acids is 3. The normalized spacial score (nSPS) is 10.1. The monoisotopic (exact) mass is 324 g/mol. The second-order valence-electron chi connectivity index (χ2n) is 4.05. The summed E-state index contributed by atoms with van der Waals surface area (Å²) in [5, 5.41) is 6.50. The average molecular weight is 324 g/mol. The molecule has 0 unspecified atom stereocenters. The molecule has 0 aromatic carbocycles. The molecule has 0 saturated heterocycles. The van der Waals surface area contributed by atoms with Gasteiger partial charge in [-0.05, 0) is 18.4 Å². The van der Waals surface area contributed by atoms with Crippen LogP contribution in [0.15, 0.2) is 22.9 Å². The molecule has 1 N–H and O–H groups in total. The molecule has 2 amide bonds. The zero-order chi connectivity index (χ0) is 15.2. The molecule has 0 aliphatic heterocycles. The average Bonchev–Trinajstić information content (AvgIpc) is 3.08. The van der Waals surface area contributed by atoms with E-state index < -0.39 is 24.4 Å². The highest BCUT2D eigenvalue weighted by atomic mass is 32.1. The van der Waals surface area contributed by atoms with Crippen molar-refractivity contribution in [3.8, 4) is 0 Å². The molecule has 2 rings (SSSR count). The van der Waals surface area contributed by atoms with Crippen molar-refractivity contribution < 1.29 is 19.1 Å². The van der Waals surface area contributed by atoms with E-state index >= 15 is 0 Å². The molecule has 0 aliphatic rings. The zero-order valence-corrected chi connectivity index (χ0v) is 12.8. The van der Waals surface area contributed by atoms with Crippen LogP contribution < -0.4 is 5.32 Å². The summed E-state index contributed by atoms with van der Waals surface area (Å²) < 4.78 is 4.80. The van der Waals surface area contributed by atoms with E-state index in [-0.39, 0.29) is 6.42 Å². The summed E-state index contributed by atoms with van der Waals surface area (Å²) in [5.41, 5.74) is 0.609. The summed E-state index contributed by atoms with van der Waals surface area (Å²) in [7, 11) is 0.